The van der Waals surface area contributed by atoms with E-state index in [0.717, 1.165) is 25.8 Å². The third-order valence-corrected chi connectivity index (χ3v) is 7.02. The van der Waals surface area contributed by atoms with Crippen molar-refractivity contribution in [3.63, 3.8) is 0 Å². The summed E-state index contributed by atoms with van der Waals surface area (Å²) < 4.78 is 62.3. The van der Waals surface area contributed by atoms with E-state index in [0.29, 0.717) is 30.2 Å². The number of carbonyl (C=O) groups is 2. The van der Waals surface area contributed by atoms with Crippen LogP contribution in [0.4, 0.5) is 22.0 Å². The number of allylic oxidation sites excluding steroid dienone is 2. The molecule has 30 heavy (non-hydrogen) atoms. The molecule has 2 bridgehead atoms. The molecule has 168 valence electrons. The predicted molar refractivity (Wildman–Crippen MR) is 96.0 cm³/mol. The smallest absolute Gasteiger partial charge is 0.475 e. The van der Waals surface area contributed by atoms with Crippen molar-refractivity contribution >= 4 is 11.9 Å². The largest absolute Gasteiger partial charge is 0.490 e. The minimum atomic E-state index is -5.08. The van der Waals surface area contributed by atoms with Gasteiger partial charge in [-0.3, -0.25) is 9.69 Å². The fourth-order valence-electron chi connectivity index (χ4n) is 5.37. The van der Waals surface area contributed by atoms with E-state index in [1.165, 1.54) is 11.3 Å². The molecule has 2 saturated carbocycles. The Morgan fingerprint density at radius 2 is 1.77 bits per heavy atom. The number of hydrogen-bond acceptors (Lipinski definition) is 3. The Morgan fingerprint density at radius 1 is 1.10 bits per heavy atom. The number of hydrogen-bond donors (Lipinski definition) is 1. The normalized spacial score (nSPS) is 40.0. The van der Waals surface area contributed by atoms with Crippen LogP contribution in [0.1, 0.15) is 25.7 Å². The van der Waals surface area contributed by atoms with E-state index in [1.807, 2.05) is 4.90 Å². The maximum Gasteiger partial charge on any atom is 0.490 e. The average Bonchev–Trinajstić information content (AvgIpc) is 3.03. The topological polar surface area (TPSA) is 60.9 Å². The number of likely N-dealkylation sites (tertiary alicyclic amines) is 2. The van der Waals surface area contributed by atoms with Crippen LogP contribution in [0.2, 0.25) is 0 Å². The molecule has 4 fully saturated rings. The number of amides is 1. The standard InChI is InChI=1S/C18H24F2N2O.C2HF3O2/c19-17-9-21(8-15-6-13-3-4-14(15)5-13)11-18(17,20)16(23)22(10-17)7-12-1-2-12;3-2(4,5)1(6)7/h3-4,12-15H,1-2,5-11H2;(H,6,7)/t13-,14+,15?,17+,18-;/m1./s1. The summed E-state index contributed by atoms with van der Waals surface area (Å²) in [6, 6.07) is 0. The number of carboxylic acid groups (broad SMARTS) is 1. The van der Waals surface area contributed by atoms with Gasteiger partial charge in [0.15, 0.2) is 5.67 Å². The summed E-state index contributed by atoms with van der Waals surface area (Å²) in [6.45, 7) is 1.26. The van der Waals surface area contributed by atoms with Gasteiger partial charge in [-0.2, -0.15) is 13.2 Å². The number of nitrogens with zero attached hydrogens (tertiary/aromatic N) is 2. The van der Waals surface area contributed by atoms with Gasteiger partial charge in [-0.05, 0) is 49.4 Å². The zero-order valence-electron chi connectivity index (χ0n) is 16.4. The molecule has 0 aromatic carbocycles. The van der Waals surface area contributed by atoms with Crippen molar-refractivity contribution in [3.8, 4) is 0 Å². The molecule has 0 aromatic heterocycles. The van der Waals surface area contributed by atoms with E-state index < -0.39 is 29.4 Å². The zero-order chi connectivity index (χ0) is 21.9. The summed E-state index contributed by atoms with van der Waals surface area (Å²) in [6.07, 6.45) is 3.99. The van der Waals surface area contributed by atoms with Crippen LogP contribution in [-0.4, -0.2) is 77.0 Å². The third-order valence-electron chi connectivity index (χ3n) is 7.02. The Bertz CT molecular complexity index is 755. The van der Waals surface area contributed by atoms with Gasteiger partial charge >= 0.3 is 12.1 Å². The van der Waals surface area contributed by atoms with Gasteiger partial charge in [-0.15, -0.1) is 0 Å². The van der Waals surface area contributed by atoms with Gasteiger partial charge in [0.2, 0.25) is 5.67 Å². The average molecular weight is 436 g/mol. The lowest BCUT2D eigenvalue weighted by Crippen LogP contribution is -2.47. The Morgan fingerprint density at radius 3 is 2.23 bits per heavy atom. The number of halogens is 5. The Kier molecular flexibility index (Phi) is 5.14. The van der Waals surface area contributed by atoms with Crippen molar-refractivity contribution in [1.82, 2.24) is 9.80 Å². The molecule has 5 rings (SSSR count). The molecule has 2 aliphatic heterocycles. The van der Waals surface area contributed by atoms with E-state index in [4.69, 9.17) is 9.90 Å². The van der Waals surface area contributed by atoms with Crippen LogP contribution < -0.4 is 0 Å². The van der Waals surface area contributed by atoms with Crippen molar-refractivity contribution in [2.45, 2.75) is 43.2 Å². The fourth-order valence-corrected chi connectivity index (χ4v) is 5.37. The quantitative estimate of drug-likeness (QED) is 0.544. The monoisotopic (exact) mass is 436 g/mol. The van der Waals surface area contributed by atoms with Gasteiger partial charge in [0.05, 0.1) is 6.54 Å². The molecule has 1 unspecified atom stereocenters. The van der Waals surface area contributed by atoms with Crippen LogP contribution in [0.25, 0.3) is 0 Å². The molecule has 2 heterocycles. The summed E-state index contributed by atoms with van der Waals surface area (Å²) in [5.41, 5.74) is -4.32. The molecule has 1 N–H and O–H groups in total. The number of carbonyl (C=O) groups excluding carboxylic acids is 1. The van der Waals surface area contributed by atoms with Crippen molar-refractivity contribution < 1.29 is 36.6 Å². The zero-order valence-corrected chi connectivity index (χ0v) is 16.4. The van der Waals surface area contributed by atoms with E-state index >= 15 is 8.78 Å². The first-order chi connectivity index (χ1) is 13.9. The molecule has 0 radical (unpaired) electrons. The fraction of sp³-hybridized carbons (Fsp3) is 0.800. The Hall–Kier alpha value is -1.71. The lowest BCUT2D eigenvalue weighted by molar-refractivity contribution is -0.192. The molecule has 5 aliphatic rings. The Labute approximate surface area is 170 Å². The minimum Gasteiger partial charge on any atom is -0.475 e. The first-order valence-electron chi connectivity index (χ1n) is 10.3. The molecular weight excluding hydrogens is 411 g/mol. The maximum atomic E-state index is 15.3. The molecule has 5 atom stereocenters. The summed E-state index contributed by atoms with van der Waals surface area (Å²) in [5.74, 6) is -1.12. The SMILES string of the molecule is O=C(O)C(F)(F)F.O=C1N(CC2CC2)C[C@@]2(F)CN(CC3C[C@@H]4C=C[C@H]3C4)C[C@@]12F. The van der Waals surface area contributed by atoms with Crippen molar-refractivity contribution in [3.05, 3.63) is 12.2 Å². The highest BCUT2D eigenvalue weighted by atomic mass is 19.4. The minimum absolute atomic E-state index is 0.0496. The van der Waals surface area contributed by atoms with Gasteiger partial charge in [-0.1, -0.05) is 12.2 Å². The molecule has 5 nitrogen and oxygen atoms in total. The lowest BCUT2D eigenvalue weighted by atomic mass is 9.93. The third kappa shape index (κ3) is 3.83. The Balaban J connectivity index is 0.000000272. The van der Waals surface area contributed by atoms with Crippen LogP contribution in [0, 0.1) is 23.7 Å². The molecule has 3 aliphatic carbocycles. The number of aliphatic carboxylic acids is 1. The molecule has 0 spiro atoms. The predicted octanol–water partition coefficient (Wildman–Crippen LogP) is 2.82. The lowest BCUT2D eigenvalue weighted by Gasteiger charge is -2.27. The molecular formula is C20H25F5N2O3. The second-order valence-electron chi connectivity index (χ2n) is 9.41. The number of carboxylic acids is 1. The summed E-state index contributed by atoms with van der Waals surface area (Å²) in [4.78, 5) is 24.7. The van der Waals surface area contributed by atoms with Crippen LogP contribution in [0.5, 0.6) is 0 Å². The van der Waals surface area contributed by atoms with Crippen molar-refractivity contribution in [2.75, 3.05) is 32.7 Å². The van der Waals surface area contributed by atoms with Gasteiger partial charge in [0, 0.05) is 26.2 Å². The molecule has 1 amide bonds. The maximum absolute atomic E-state index is 15.3. The summed E-state index contributed by atoms with van der Waals surface area (Å²) in [7, 11) is 0. The van der Waals surface area contributed by atoms with Gasteiger partial charge in [-0.25, -0.2) is 13.6 Å². The second-order valence-corrected chi connectivity index (χ2v) is 9.41. The first-order valence-corrected chi connectivity index (χ1v) is 10.3. The highest BCUT2D eigenvalue weighted by molar-refractivity contribution is 5.90. The number of rotatable bonds is 4. The van der Waals surface area contributed by atoms with Crippen LogP contribution in [0.15, 0.2) is 12.2 Å². The summed E-state index contributed by atoms with van der Waals surface area (Å²) >= 11 is 0. The molecule has 2 saturated heterocycles. The van der Waals surface area contributed by atoms with Gasteiger partial charge in [0.1, 0.15) is 0 Å². The second kappa shape index (κ2) is 7.17. The van der Waals surface area contributed by atoms with E-state index in [1.54, 1.807) is 0 Å². The highest BCUT2D eigenvalue weighted by Gasteiger charge is 2.71. The van der Waals surface area contributed by atoms with E-state index in [-0.39, 0.29) is 19.6 Å². The first kappa shape index (κ1) is 21.5. The molecule has 0 aromatic rings. The number of alkyl halides is 5. The van der Waals surface area contributed by atoms with Gasteiger partial charge < -0.3 is 10.0 Å². The number of fused-ring (bicyclic) bond motifs is 3. The van der Waals surface area contributed by atoms with Crippen molar-refractivity contribution in [1.29, 1.82) is 0 Å². The highest BCUT2D eigenvalue weighted by Crippen LogP contribution is 2.49. The van der Waals surface area contributed by atoms with Crippen LogP contribution in [-0.2, 0) is 9.59 Å². The van der Waals surface area contributed by atoms with Crippen molar-refractivity contribution in [2.24, 2.45) is 23.7 Å². The van der Waals surface area contributed by atoms with E-state index in [9.17, 15) is 18.0 Å². The molecule has 10 heteroatoms. The summed E-state index contributed by atoms with van der Waals surface area (Å²) in [5, 5.41) is 7.12. The van der Waals surface area contributed by atoms with Crippen LogP contribution >= 0.6 is 0 Å². The van der Waals surface area contributed by atoms with Crippen LogP contribution in [0.3, 0.4) is 0 Å². The van der Waals surface area contributed by atoms with Gasteiger partial charge in [0.25, 0.3) is 5.91 Å². The van der Waals surface area contributed by atoms with E-state index in [2.05, 4.69) is 12.2 Å².